The quantitative estimate of drug-likeness (QED) is 0.521. The van der Waals surface area contributed by atoms with Crippen molar-refractivity contribution in [2.24, 2.45) is 0 Å². The van der Waals surface area contributed by atoms with Crippen molar-refractivity contribution < 1.29 is 0 Å². The Bertz CT molecular complexity index is 168. The van der Waals surface area contributed by atoms with Crippen molar-refractivity contribution in [2.75, 3.05) is 5.73 Å². The smallest absolute Gasteiger partial charge is 0.0324 e. The number of anilines is 1. The molecule has 1 aromatic rings. The number of nitrogen functional groups attached to an aromatic ring is 1. The second-order valence-electron chi connectivity index (χ2n) is 1.56. The van der Waals surface area contributed by atoms with Crippen molar-refractivity contribution in [3.8, 4) is 0 Å². The van der Waals surface area contributed by atoms with Crippen molar-refractivity contribution in [3.63, 3.8) is 0 Å². The van der Waals surface area contributed by atoms with Gasteiger partial charge in [0.25, 0.3) is 0 Å². The van der Waals surface area contributed by atoms with E-state index in [0.717, 1.165) is 5.69 Å². The lowest BCUT2D eigenvalue weighted by atomic mass is 10.3. The highest BCUT2D eigenvalue weighted by Crippen LogP contribution is 2.07. The zero-order valence-electron chi connectivity index (χ0n) is 4.26. The molecule has 1 nitrogen and oxygen atoms in total. The summed E-state index contributed by atoms with van der Waals surface area (Å²) in [6.45, 7) is 0. The van der Waals surface area contributed by atoms with Crippen LogP contribution in [0.1, 0.15) is 0 Å². The summed E-state index contributed by atoms with van der Waals surface area (Å²) < 4.78 is 1.18. The Hall–Kier alpha value is -0.250. The van der Waals surface area contributed by atoms with Crippen molar-refractivity contribution in [1.82, 2.24) is 0 Å². The molecule has 0 amide bonds. The molecule has 0 fully saturated rings. The molecule has 2 heteroatoms. The van der Waals surface area contributed by atoms with Gasteiger partial charge in [-0.2, -0.15) is 0 Å². The number of halogens is 1. The van der Waals surface area contributed by atoms with E-state index in [1.165, 1.54) is 3.57 Å². The van der Waals surface area contributed by atoms with E-state index in [0.29, 0.717) is 0 Å². The fraction of sp³-hybridized carbons (Fsp3) is 0. The van der Waals surface area contributed by atoms with E-state index in [9.17, 15) is 0 Å². The molecule has 1 aromatic carbocycles. The van der Waals surface area contributed by atoms with Gasteiger partial charge in [-0.1, -0.05) is 6.07 Å². The third-order valence-corrected chi connectivity index (χ3v) is 1.52. The van der Waals surface area contributed by atoms with Gasteiger partial charge in [-0.05, 0) is 40.8 Å². The van der Waals surface area contributed by atoms with Gasteiger partial charge in [0.05, 0.1) is 0 Å². The standard InChI is InChI=1S/C6H6IN/c7-5-2-1-3-6(8)4-5/h1-4H,8H2/i7-2. The molecule has 0 saturated heterocycles. The molecule has 0 bridgehead atoms. The summed E-state index contributed by atoms with van der Waals surface area (Å²) in [4.78, 5) is 0. The average molecular weight is 217 g/mol. The van der Waals surface area contributed by atoms with E-state index in [1.807, 2.05) is 24.3 Å². The molecular weight excluding hydrogens is 211 g/mol. The van der Waals surface area contributed by atoms with E-state index < -0.39 is 0 Å². The maximum Gasteiger partial charge on any atom is 0.0324 e. The number of hydrogen-bond acceptors (Lipinski definition) is 1. The maximum absolute atomic E-state index is 5.45. The van der Waals surface area contributed by atoms with E-state index in [1.54, 1.807) is 0 Å². The minimum atomic E-state index is 0.830. The lowest BCUT2D eigenvalue weighted by molar-refractivity contribution is 1.63. The molecule has 0 atom stereocenters. The zero-order valence-corrected chi connectivity index (χ0v) is 6.42. The van der Waals surface area contributed by atoms with Gasteiger partial charge in [-0.15, -0.1) is 0 Å². The van der Waals surface area contributed by atoms with Gasteiger partial charge in [0.1, 0.15) is 0 Å². The molecule has 0 heterocycles. The van der Waals surface area contributed by atoms with Gasteiger partial charge < -0.3 is 5.73 Å². The first-order chi connectivity index (χ1) is 3.79. The van der Waals surface area contributed by atoms with Crippen LogP contribution in [0, 0.1) is 3.57 Å². The first kappa shape index (κ1) is 5.88. The second kappa shape index (κ2) is 2.35. The summed E-state index contributed by atoms with van der Waals surface area (Å²) in [5, 5.41) is 0. The Morgan fingerprint density at radius 1 is 1.38 bits per heavy atom. The SMILES string of the molecule is Nc1cccc([125I])c1. The van der Waals surface area contributed by atoms with Crippen molar-refractivity contribution in [3.05, 3.63) is 27.8 Å². The van der Waals surface area contributed by atoms with Gasteiger partial charge in [0.2, 0.25) is 0 Å². The van der Waals surface area contributed by atoms with E-state index in [-0.39, 0.29) is 0 Å². The van der Waals surface area contributed by atoms with Crippen molar-refractivity contribution in [1.29, 1.82) is 0 Å². The minimum Gasteiger partial charge on any atom is -0.399 e. The fourth-order valence-corrected chi connectivity index (χ4v) is 1.07. The lowest BCUT2D eigenvalue weighted by Crippen LogP contribution is -1.82. The lowest BCUT2D eigenvalue weighted by Gasteiger charge is -1.89. The summed E-state index contributed by atoms with van der Waals surface area (Å²) in [5.41, 5.74) is 6.28. The Labute approximate surface area is 62.0 Å². The highest BCUT2D eigenvalue weighted by atomic mass is 125. The van der Waals surface area contributed by atoms with E-state index in [2.05, 4.69) is 22.6 Å². The molecule has 0 aliphatic heterocycles. The third-order valence-electron chi connectivity index (χ3n) is 0.849. The Kier molecular flexibility index (Phi) is 1.73. The second-order valence-corrected chi connectivity index (χ2v) is 2.80. The van der Waals surface area contributed by atoms with Crippen LogP contribution in [0.15, 0.2) is 24.3 Å². The molecule has 42 valence electrons. The van der Waals surface area contributed by atoms with Crippen molar-refractivity contribution >= 4 is 28.3 Å². The van der Waals surface area contributed by atoms with Crippen LogP contribution in [-0.2, 0) is 0 Å². The monoisotopic (exact) mass is 217 g/mol. The number of rotatable bonds is 0. The van der Waals surface area contributed by atoms with Crippen LogP contribution in [0.25, 0.3) is 0 Å². The van der Waals surface area contributed by atoms with Crippen LogP contribution in [0.2, 0.25) is 0 Å². The van der Waals surface area contributed by atoms with Crippen LogP contribution < -0.4 is 5.73 Å². The fourth-order valence-electron chi connectivity index (χ4n) is 0.507. The van der Waals surface area contributed by atoms with Crippen molar-refractivity contribution in [2.45, 2.75) is 0 Å². The Balaban J connectivity index is 3.08. The highest BCUT2D eigenvalue weighted by Gasteiger charge is 1.82. The van der Waals surface area contributed by atoms with Crippen LogP contribution in [0.3, 0.4) is 0 Å². The molecule has 0 aromatic heterocycles. The molecule has 2 N–H and O–H groups in total. The molecule has 0 unspecified atom stereocenters. The zero-order chi connectivity index (χ0) is 5.98. The average Bonchev–Trinajstić information content (AvgIpc) is 1.64. The van der Waals surface area contributed by atoms with Gasteiger partial charge in [0.15, 0.2) is 0 Å². The Morgan fingerprint density at radius 3 is 2.50 bits per heavy atom. The molecule has 0 radical (unpaired) electrons. The minimum absolute atomic E-state index is 0.830. The van der Waals surface area contributed by atoms with E-state index in [4.69, 9.17) is 5.73 Å². The summed E-state index contributed by atoms with van der Waals surface area (Å²) in [7, 11) is 0. The molecule has 0 spiro atoms. The molecule has 8 heavy (non-hydrogen) atoms. The predicted molar refractivity (Wildman–Crippen MR) is 43.6 cm³/mol. The maximum atomic E-state index is 5.45. The van der Waals surface area contributed by atoms with Crippen LogP contribution in [0.5, 0.6) is 0 Å². The topological polar surface area (TPSA) is 26.0 Å². The summed E-state index contributed by atoms with van der Waals surface area (Å²) in [6.07, 6.45) is 0. The third kappa shape index (κ3) is 1.36. The van der Waals surface area contributed by atoms with Gasteiger partial charge in [0, 0.05) is 9.26 Å². The molecule has 0 aliphatic carbocycles. The normalized spacial score (nSPS) is 9.12. The number of benzene rings is 1. The molecule has 0 saturated carbocycles. The van der Waals surface area contributed by atoms with Crippen LogP contribution in [-0.4, -0.2) is 0 Å². The summed E-state index contributed by atoms with van der Waals surface area (Å²) in [6, 6.07) is 7.76. The van der Waals surface area contributed by atoms with E-state index >= 15 is 0 Å². The molecule has 1 rings (SSSR count). The number of nitrogens with two attached hydrogens (primary N) is 1. The first-order valence-corrected chi connectivity index (χ1v) is 3.38. The van der Waals surface area contributed by atoms with Crippen LogP contribution >= 0.6 is 22.6 Å². The predicted octanol–water partition coefficient (Wildman–Crippen LogP) is 1.87. The van der Waals surface area contributed by atoms with Gasteiger partial charge in [-0.3, -0.25) is 0 Å². The molecular formula is C6H6IN. The molecule has 0 aliphatic rings. The van der Waals surface area contributed by atoms with Gasteiger partial charge >= 0.3 is 0 Å². The number of hydrogen-bond donors (Lipinski definition) is 1. The first-order valence-electron chi connectivity index (χ1n) is 2.30. The largest absolute Gasteiger partial charge is 0.399 e. The Morgan fingerprint density at radius 2 is 2.12 bits per heavy atom. The van der Waals surface area contributed by atoms with Crippen LogP contribution in [0.4, 0.5) is 5.69 Å². The highest BCUT2D eigenvalue weighted by molar-refractivity contribution is 14.1. The summed E-state index contributed by atoms with van der Waals surface area (Å²) in [5.74, 6) is 0. The van der Waals surface area contributed by atoms with Gasteiger partial charge in [-0.25, -0.2) is 0 Å². The summed E-state index contributed by atoms with van der Waals surface area (Å²) >= 11 is 2.23.